The van der Waals surface area contributed by atoms with Crippen molar-refractivity contribution in [3.05, 3.63) is 56.4 Å². The van der Waals surface area contributed by atoms with E-state index in [0.717, 1.165) is 29.4 Å². The van der Waals surface area contributed by atoms with Gasteiger partial charge in [-0.3, -0.25) is 0 Å². The van der Waals surface area contributed by atoms with Crippen LogP contribution in [0, 0.1) is 5.82 Å². The molecule has 19 heavy (non-hydrogen) atoms. The fourth-order valence-electron chi connectivity index (χ4n) is 2.13. The van der Waals surface area contributed by atoms with Gasteiger partial charge >= 0.3 is 0 Å². The Bertz CT molecular complexity index is 513. The molecule has 1 aromatic heterocycles. The summed E-state index contributed by atoms with van der Waals surface area (Å²) in [6.45, 7) is 3.05. The lowest BCUT2D eigenvalue weighted by Crippen LogP contribution is -2.32. The monoisotopic (exact) mass is 341 g/mol. The molecule has 0 saturated carbocycles. The summed E-state index contributed by atoms with van der Waals surface area (Å²) in [5.41, 5.74) is 1.14. The topological polar surface area (TPSA) is 12.0 Å². The van der Waals surface area contributed by atoms with E-state index in [9.17, 15) is 4.39 Å². The van der Waals surface area contributed by atoms with Crippen molar-refractivity contribution in [1.29, 1.82) is 0 Å². The maximum Gasteiger partial charge on any atom is 0.124 e. The fraction of sp³-hybridized carbons (Fsp3) is 0.333. The molecule has 0 spiro atoms. The predicted molar refractivity (Wildman–Crippen MR) is 83.3 cm³/mol. The first-order valence-electron chi connectivity index (χ1n) is 6.38. The van der Waals surface area contributed by atoms with E-state index >= 15 is 0 Å². The van der Waals surface area contributed by atoms with Gasteiger partial charge in [-0.05, 0) is 48.5 Å². The average molecular weight is 342 g/mol. The molecular formula is C15H17BrFNS. The summed E-state index contributed by atoms with van der Waals surface area (Å²) in [5.74, 6) is -0.200. The molecule has 0 fully saturated rings. The van der Waals surface area contributed by atoms with Crippen LogP contribution in [0.25, 0.3) is 0 Å². The van der Waals surface area contributed by atoms with E-state index in [0.29, 0.717) is 6.04 Å². The van der Waals surface area contributed by atoms with Gasteiger partial charge in [-0.1, -0.05) is 35.0 Å². The quantitative estimate of drug-likeness (QED) is 0.820. The first-order valence-corrected chi connectivity index (χ1v) is 8.06. The van der Waals surface area contributed by atoms with Crippen LogP contribution in [-0.2, 0) is 12.8 Å². The van der Waals surface area contributed by atoms with Gasteiger partial charge in [-0.15, -0.1) is 11.3 Å². The van der Waals surface area contributed by atoms with E-state index in [1.807, 2.05) is 6.07 Å². The zero-order valence-electron chi connectivity index (χ0n) is 10.8. The molecule has 0 radical (unpaired) electrons. The van der Waals surface area contributed by atoms with Crippen LogP contribution < -0.4 is 5.32 Å². The molecule has 0 bridgehead atoms. The third kappa shape index (κ3) is 4.41. The molecule has 2 rings (SSSR count). The lowest BCUT2D eigenvalue weighted by atomic mass is 10.0. The minimum atomic E-state index is -0.200. The van der Waals surface area contributed by atoms with E-state index in [4.69, 9.17) is 0 Å². The van der Waals surface area contributed by atoms with Crippen molar-refractivity contribution in [2.45, 2.75) is 25.8 Å². The standard InChI is InChI=1S/C15H17BrFNS/c1-2-18-13(10-14-4-3-7-19-14)8-11-5-6-12(17)9-15(11)16/h3-7,9,13,18H,2,8,10H2,1H3. The van der Waals surface area contributed by atoms with Crippen molar-refractivity contribution in [3.8, 4) is 0 Å². The molecule has 1 heterocycles. The van der Waals surface area contributed by atoms with Gasteiger partial charge in [0, 0.05) is 15.4 Å². The molecule has 1 nitrogen and oxygen atoms in total. The Morgan fingerprint density at radius 3 is 2.79 bits per heavy atom. The molecule has 0 saturated heterocycles. The second-order valence-electron chi connectivity index (χ2n) is 4.48. The highest BCUT2D eigenvalue weighted by atomic mass is 79.9. The molecule has 0 amide bonds. The van der Waals surface area contributed by atoms with Crippen LogP contribution in [0.4, 0.5) is 4.39 Å². The van der Waals surface area contributed by atoms with Gasteiger partial charge in [0.1, 0.15) is 5.82 Å². The number of benzene rings is 1. The fourth-order valence-corrected chi connectivity index (χ4v) is 3.43. The summed E-state index contributed by atoms with van der Waals surface area (Å²) in [7, 11) is 0. The highest BCUT2D eigenvalue weighted by Gasteiger charge is 2.12. The predicted octanol–water partition coefficient (Wildman–Crippen LogP) is 4.41. The molecule has 1 aromatic carbocycles. The van der Waals surface area contributed by atoms with Gasteiger partial charge in [0.2, 0.25) is 0 Å². The highest BCUT2D eigenvalue weighted by molar-refractivity contribution is 9.10. The second-order valence-corrected chi connectivity index (χ2v) is 6.36. The molecule has 0 aliphatic carbocycles. The zero-order valence-corrected chi connectivity index (χ0v) is 13.2. The Kier molecular flexibility index (Phi) is 5.55. The Labute approximate surface area is 126 Å². The average Bonchev–Trinajstić information content (AvgIpc) is 2.86. The number of thiophene rings is 1. The summed E-state index contributed by atoms with van der Waals surface area (Å²) in [6, 6.07) is 9.53. The Hall–Kier alpha value is -0.710. The summed E-state index contributed by atoms with van der Waals surface area (Å²) in [6.07, 6.45) is 1.90. The van der Waals surface area contributed by atoms with Crippen molar-refractivity contribution in [1.82, 2.24) is 5.32 Å². The second kappa shape index (κ2) is 7.17. The Morgan fingerprint density at radius 1 is 1.32 bits per heavy atom. The van der Waals surface area contributed by atoms with Gasteiger partial charge in [0.25, 0.3) is 0 Å². The summed E-state index contributed by atoms with van der Waals surface area (Å²) < 4.78 is 13.9. The lowest BCUT2D eigenvalue weighted by Gasteiger charge is -2.18. The first kappa shape index (κ1) is 14.7. The molecule has 0 aliphatic heterocycles. The third-order valence-electron chi connectivity index (χ3n) is 3.00. The first-order chi connectivity index (χ1) is 9.19. The molecule has 1 unspecified atom stereocenters. The maximum absolute atomic E-state index is 13.1. The van der Waals surface area contributed by atoms with Crippen LogP contribution in [-0.4, -0.2) is 12.6 Å². The molecule has 1 N–H and O–H groups in total. The van der Waals surface area contributed by atoms with Gasteiger partial charge in [-0.25, -0.2) is 4.39 Å². The lowest BCUT2D eigenvalue weighted by molar-refractivity contribution is 0.523. The van der Waals surface area contributed by atoms with Crippen molar-refractivity contribution in [2.75, 3.05) is 6.54 Å². The van der Waals surface area contributed by atoms with Crippen LogP contribution >= 0.6 is 27.3 Å². The molecule has 4 heteroatoms. The maximum atomic E-state index is 13.1. The zero-order chi connectivity index (χ0) is 13.7. The van der Waals surface area contributed by atoms with Gasteiger partial charge in [0.15, 0.2) is 0 Å². The van der Waals surface area contributed by atoms with Gasteiger partial charge in [-0.2, -0.15) is 0 Å². The normalized spacial score (nSPS) is 12.6. The largest absolute Gasteiger partial charge is 0.314 e. The number of likely N-dealkylation sites (N-methyl/N-ethyl adjacent to an activating group) is 1. The van der Waals surface area contributed by atoms with Crippen molar-refractivity contribution in [2.24, 2.45) is 0 Å². The van der Waals surface area contributed by atoms with Gasteiger partial charge < -0.3 is 5.32 Å². The third-order valence-corrected chi connectivity index (χ3v) is 4.64. The highest BCUT2D eigenvalue weighted by Crippen LogP contribution is 2.21. The van der Waals surface area contributed by atoms with Crippen molar-refractivity contribution in [3.63, 3.8) is 0 Å². The smallest absolute Gasteiger partial charge is 0.124 e. The molecule has 0 aliphatic rings. The molecular weight excluding hydrogens is 325 g/mol. The molecule has 1 atom stereocenters. The molecule has 2 aromatic rings. The summed E-state index contributed by atoms with van der Waals surface area (Å²) >= 11 is 5.22. The minimum Gasteiger partial charge on any atom is -0.314 e. The van der Waals surface area contributed by atoms with Gasteiger partial charge in [0.05, 0.1) is 0 Å². The van der Waals surface area contributed by atoms with Crippen LogP contribution in [0.2, 0.25) is 0 Å². The number of hydrogen-bond donors (Lipinski definition) is 1. The SMILES string of the molecule is CCNC(Cc1cccs1)Cc1ccc(F)cc1Br. The van der Waals surface area contributed by atoms with E-state index in [-0.39, 0.29) is 5.82 Å². The minimum absolute atomic E-state index is 0.200. The van der Waals surface area contributed by atoms with Crippen LogP contribution in [0.1, 0.15) is 17.4 Å². The number of halogens is 2. The van der Waals surface area contributed by atoms with E-state index in [1.165, 1.54) is 17.0 Å². The van der Waals surface area contributed by atoms with E-state index < -0.39 is 0 Å². The molecule has 102 valence electrons. The van der Waals surface area contributed by atoms with Crippen molar-refractivity contribution < 1.29 is 4.39 Å². The summed E-state index contributed by atoms with van der Waals surface area (Å²) in [5, 5.41) is 5.61. The summed E-state index contributed by atoms with van der Waals surface area (Å²) in [4.78, 5) is 1.38. The van der Waals surface area contributed by atoms with Crippen LogP contribution in [0.3, 0.4) is 0 Å². The number of nitrogens with one attached hydrogen (secondary N) is 1. The Morgan fingerprint density at radius 2 is 2.16 bits per heavy atom. The van der Waals surface area contributed by atoms with E-state index in [1.54, 1.807) is 11.3 Å². The Balaban J connectivity index is 2.07. The van der Waals surface area contributed by atoms with Crippen LogP contribution in [0.5, 0.6) is 0 Å². The number of hydrogen-bond acceptors (Lipinski definition) is 2. The van der Waals surface area contributed by atoms with Crippen LogP contribution in [0.15, 0.2) is 40.2 Å². The van der Waals surface area contributed by atoms with E-state index in [2.05, 4.69) is 45.7 Å². The number of rotatable bonds is 6. The van der Waals surface area contributed by atoms with Crippen molar-refractivity contribution >= 4 is 27.3 Å².